The lowest BCUT2D eigenvalue weighted by Crippen LogP contribution is -2.24. The molecule has 8 heteroatoms. The predicted molar refractivity (Wildman–Crippen MR) is 118 cm³/mol. The van der Waals surface area contributed by atoms with E-state index in [0.717, 1.165) is 12.2 Å². The van der Waals surface area contributed by atoms with Crippen molar-refractivity contribution in [2.75, 3.05) is 17.7 Å². The smallest absolute Gasteiger partial charge is 0.262 e. The number of benzene rings is 2. The largest absolute Gasteiger partial charge is 0.494 e. The number of anilines is 1. The summed E-state index contributed by atoms with van der Waals surface area (Å²) in [6.07, 6.45) is 0.784. The number of rotatable bonds is 8. The van der Waals surface area contributed by atoms with Crippen LogP contribution in [0.15, 0.2) is 52.4 Å². The second-order valence-corrected chi connectivity index (χ2v) is 7.69. The Morgan fingerprint density at radius 2 is 1.97 bits per heavy atom. The first-order chi connectivity index (χ1) is 14.0. The molecule has 1 amide bonds. The molecule has 29 heavy (non-hydrogen) atoms. The summed E-state index contributed by atoms with van der Waals surface area (Å²) in [7, 11) is 0. The van der Waals surface area contributed by atoms with Gasteiger partial charge in [-0.3, -0.25) is 14.2 Å². The summed E-state index contributed by atoms with van der Waals surface area (Å²) in [4.78, 5) is 29.8. The molecule has 0 aliphatic rings. The van der Waals surface area contributed by atoms with Crippen LogP contribution in [0, 0.1) is 0 Å². The number of fused-ring (bicyclic) bond motifs is 1. The Morgan fingerprint density at radius 3 is 2.66 bits per heavy atom. The van der Waals surface area contributed by atoms with E-state index in [-0.39, 0.29) is 17.2 Å². The number of nitrogens with one attached hydrogen (secondary N) is 1. The van der Waals surface area contributed by atoms with E-state index in [1.165, 1.54) is 11.8 Å². The Kier molecular flexibility index (Phi) is 7.17. The van der Waals surface area contributed by atoms with Gasteiger partial charge in [0.2, 0.25) is 5.91 Å². The SMILES string of the molecule is CCCn1c(SCC(=O)Nc2ccc(OCC)cc2)nc2cc(Cl)ccc2c1=O. The molecule has 3 aromatic rings. The van der Waals surface area contributed by atoms with E-state index in [1.807, 2.05) is 13.8 Å². The van der Waals surface area contributed by atoms with E-state index in [9.17, 15) is 9.59 Å². The van der Waals surface area contributed by atoms with Crippen LogP contribution in [0.1, 0.15) is 20.3 Å². The van der Waals surface area contributed by atoms with Gasteiger partial charge in [-0.2, -0.15) is 0 Å². The lowest BCUT2D eigenvalue weighted by atomic mass is 10.2. The summed E-state index contributed by atoms with van der Waals surface area (Å²) < 4.78 is 7.01. The Morgan fingerprint density at radius 1 is 1.21 bits per heavy atom. The molecule has 0 unspecified atom stereocenters. The third-order valence-electron chi connectivity index (χ3n) is 4.11. The molecule has 1 aromatic heterocycles. The van der Waals surface area contributed by atoms with Crippen LogP contribution in [0.5, 0.6) is 5.75 Å². The van der Waals surface area contributed by atoms with Gasteiger partial charge in [0, 0.05) is 17.3 Å². The monoisotopic (exact) mass is 431 g/mol. The van der Waals surface area contributed by atoms with Gasteiger partial charge in [0.15, 0.2) is 5.16 Å². The molecule has 0 radical (unpaired) electrons. The Bertz CT molecular complexity index is 1070. The van der Waals surface area contributed by atoms with Crippen LogP contribution in [0.2, 0.25) is 5.02 Å². The first kappa shape index (κ1) is 21.2. The number of amides is 1. The maximum atomic E-state index is 12.8. The molecule has 3 rings (SSSR count). The normalized spacial score (nSPS) is 10.9. The molecule has 152 valence electrons. The predicted octanol–water partition coefficient (Wildman–Crippen LogP) is 4.59. The summed E-state index contributed by atoms with van der Waals surface area (Å²) in [5, 5.41) is 4.39. The highest BCUT2D eigenvalue weighted by molar-refractivity contribution is 7.99. The van der Waals surface area contributed by atoms with Gasteiger partial charge >= 0.3 is 0 Å². The maximum Gasteiger partial charge on any atom is 0.262 e. The summed E-state index contributed by atoms with van der Waals surface area (Å²) in [6, 6.07) is 12.2. The van der Waals surface area contributed by atoms with Crippen molar-refractivity contribution >= 4 is 45.9 Å². The molecule has 1 N–H and O–H groups in total. The zero-order chi connectivity index (χ0) is 20.8. The van der Waals surface area contributed by atoms with E-state index in [0.29, 0.717) is 39.9 Å². The molecule has 0 aliphatic carbocycles. The van der Waals surface area contributed by atoms with Crippen LogP contribution < -0.4 is 15.6 Å². The van der Waals surface area contributed by atoms with E-state index in [4.69, 9.17) is 16.3 Å². The van der Waals surface area contributed by atoms with Crippen molar-refractivity contribution in [3.05, 3.63) is 57.8 Å². The van der Waals surface area contributed by atoms with Gasteiger partial charge < -0.3 is 10.1 Å². The summed E-state index contributed by atoms with van der Waals surface area (Å²) in [5.74, 6) is 0.709. The topological polar surface area (TPSA) is 73.2 Å². The summed E-state index contributed by atoms with van der Waals surface area (Å²) in [5.41, 5.74) is 1.09. The fourth-order valence-electron chi connectivity index (χ4n) is 2.83. The third-order valence-corrected chi connectivity index (χ3v) is 5.32. The van der Waals surface area contributed by atoms with Crippen LogP contribution in [0.25, 0.3) is 10.9 Å². The maximum absolute atomic E-state index is 12.8. The Balaban J connectivity index is 1.75. The number of thioether (sulfide) groups is 1. The number of aromatic nitrogens is 2. The van der Waals surface area contributed by atoms with Gasteiger partial charge in [0.25, 0.3) is 5.56 Å². The van der Waals surface area contributed by atoms with Gasteiger partial charge in [-0.15, -0.1) is 0 Å². The molecule has 0 atom stereocenters. The molecular weight excluding hydrogens is 410 g/mol. The number of nitrogens with zero attached hydrogens (tertiary/aromatic N) is 2. The summed E-state index contributed by atoms with van der Waals surface area (Å²) >= 11 is 7.28. The van der Waals surface area contributed by atoms with Crippen molar-refractivity contribution in [3.8, 4) is 5.75 Å². The average molecular weight is 432 g/mol. The molecule has 0 saturated carbocycles. The molecular formula is C21H22ClN3O3S. The number of carbonyl (C=O) groups excluding carboxylic acids is 1. The first-order valence-corrected chi connectivity index (χ1v) is 10.7. The molecule has 2 aromatic carbocycles. The Hall–Kier alpha value is -2.51. The minimum Gasteiger partial charge on any atom is -0.494 e. The van der Waals surface area contributed by atoms with Crippen molar-refractivity contribution < 1.29 is 9.53 Å². The van der Waals surface area contributed by atoms with E-state index in [1.54, 1.807) is 47.0 Å². The molecule has 6 nitrogen and oxygen atoms in total. The molecule has 0 aliphatic heterocycles. The van der Waals surface area contributed by atoms with E-state index in [2.05, 4.69) is 10.3 Å². The third kappa shape index (κ3) is 5.31. The summed E-state index contributed by atoms with van der Waals surface area (Å²) in [6.45, 7) is 5.03. The molecule has 0 fully saturated rings. The zero-order valence-corrected chi connectivity index (χ0v) is 17.8. The quantitative estimate of drug-likeness (QED) is 0.417. The van der Waals surface area contributed by atoms with Gasteiger partial charge in [-0.05, 0) is 55.8 Å². The minimum atomic E-state index is -0.178. The highest BCUT2D eigenvalue weighted by Crippen LogP contribution is 2.21. The zero-order valence-electron chi connectivity index (χ0n) is 16.3. The van der Waals surface area contributed by atoms with Crippen LogP contribution in [0.4, 0.5) is 5.69 Å². The van der Waals surface area contributed by atoms with Gasteiger partial charge in [0.1, 0.15) is 5.75 Å². The van der Waals surface area contributed by atoms with Crippen LogP contribution >= 0.6 is 23.4 Å². The molecule has 0 saturated heterocycles. The highest BCUT2D eigenvalue weighted by Gasteiger charge is 2.13. The van der Waals surface area contributed by atoms with Crippen molar-refractivity contribution in [1.82, 2.24) is 9.55 Å². The van der Waals surface area contributed by atoms with E-state index < -0.39 is 0 Å². The fourth-order valence-corrected chi connectivity index (χ4v) is 3.82. The molecule has 0 spiro atoms. The number of ether oxygens (including phenoxy) is 1. The Labute approximate surface area is 178 Å². The van der Waals surface area contributed by atoms with Crippen LogP contribution in [-0.4, -0.2) is 27.8 Å². The van der Waals surface area contributed by atoms with Crippen molar-refractivity contribution in [2.24, 2.45) is 0 Å². The van der Waals surface area contributed by atoms with Gasteiger partial charge in [0.05, 0.1) is 23.3 Å². The number of halogens is 1. The minimum absolute atomic E-state index is 0.122. The number of carbonyl (C=O) groups is 1. The highest BCUT2D eigenvalue weighted by atomic mass is 35.5. The van der Waals surface area contributed by atoms with Crippen molar-refractivity contribution in [1.29, 1.82) is 0 Å². The van der Waals surface area contributed by atoms with Crippen molar-refractivity contribution in [3.63, 3.8) is 0 Å². The lowest BCUT2D eigenvalue weighted by Gasteiger charge is -2.12. The lowest BCUT2D eigenvalue weighted by molar-refractivity contribution is -0.113. The fraction of sp³-hybridized carbons (Fsp3) is 0.286. The number of hydrogen-bond donors (Lipinski definition) is 1. The van der Waals surface area contributed by atoms with Gasteiger partial charge in [-0.1, -0.05) is 30.3 Å². The van der Waals surface area contributed by atoms with E-state index >= 15 is 0 Å². The second kappa shape index (κ2) is 9.80. The van der Waals surface area contributed by atoms with Crippen molar-refractivity contribution in [2.45, 2.75) is 32.0 Å². The van der Waals surface area contributed by atoms with Crippen LogP contribution in [-0.2, 0) is 11.3 Å². The molecule has 1 heterocycles. The average Bonchev–Trinajstić information content (AvgIpc) is 2.70. The molecule has 0 bridgehead atoms. The van der Waals surface area contributed by atoms with Gasteiger partial charge in [-0.25, -0.2) is 4.98 Å². The standard InChI is InChI=1S/C21H22ClN3O3S/c1-3-11-25-20(27)17-10-5-14(22)12-18(17)24-21(25)29-13-19(26)23-15-6-8-16(9-7-15)28-4-2/h5-10,12H,3-4,11,13H2,1-2H3,(H,23,26). The number of hydrogen-bond acceptors (Lipinski definition) is 5. The second-order valence-electron chi connectivity index (χ2n) is 6.31. The van der Waals surface area contributed by atoms with Crippen LogP contribution in [0.3, 0.4) is 0 Å². The first-order valence-electron chi connectivity index (χ1n) is 9.37.